The van der Waals surface area contributed by atoms with Gasteiger partial charge in [0, 0.05) is 18.9 Å². The number of carbonyl (C=O) groups is 1. The summed E-state index contributed by atoms with van der Waals surface area (Å²) in [4.78, 5) is 10.2. The summed E-state index contributed by atoms with van der Waals surface area (Å²) in [6.07, 6.45) is 13.7. The van der Waals surface area contributed by atoms with Gasteiger partial charge in [0.05, 0.1) is 18.1 Å². The molecule has 0 spiro atoms. The van der Waals surface area contributed by atoms with Gasteiger partial charge < -0.3 is 9.47 Å². The number of esters is 1. The highest BCUT2D eigenvalue weighted by molar-refractivity contribution is 5.81. The van der Waals surface area contributed by atoms with E-state index in [0.29, 0.717) is 6.61 Å². The van der Waals surface area contributed by atoms with E-state index in [2.05, 4.69) is 23.5 Å². The van der Waals surface area contributed by atoms with Gasteiger partial charge in [-0.2, -0.15) is 0 Å². The Morgan fingerprint density at radius 3 is 2.21 bits per heavy atom. The van der Waals surface area contributed by atoms with Crippen LogP contribution in [0.15, 0.2) is 36.3 Å². The summed E-state index contributed by atoms with van der Waals surface area (Å²) in [6.45, 7) is 5.67. The molecule has 0 saturated carbocycles. The second-order valence-corrected chi connectivity index (χ2v) is 4.60. The van der Waals surface area contributed by atoms with Crippen LogP contribution in [0.25, 0.3) is 0 Å². The summed E-state index contributed by atoms with van der Waals surface area (Å²) in [7, 11) is 0. The van der Waals surface area contributed by atoms with Gasteiger partial charge in [0.25, 0.3) is 0 Å². The van der Waals surface area contributed by atoms with E-state index in [0.717, 1.165) is 25.3 Å². The van der Waals surface area contributed by atoms with Gasteiger partial charge in [0.1, 0.15) is 0 Å². The zero-order chi connectivity index (χ0) is 13.9. The third-order valence-electron chi connectivity index (χ3n) is 2.88. The minimum atomic E-state index is -0.341. The van der Waals surface area contributed by atoms with Crippen LogP contribution in [0.1, 0.15) is 51.9 Å². The summed E-state index contributed by atoms with van der Waals surface area (Å²) in [5.41, 5.74) is 0. The zero-order valence-electron chi connectivity index (χ0n) is 11.8. The van der Waals surface area contributed by atoms with Gasteiger partial charge in [-0.15, -0.1) is 0 Å². The lowest BCUT2D eigenvalue weighted by Crippen LogP contribution is -1.99. The van der Waals surface area contributed by atoms with E-state index in [9.17, 15) is 4.79 Å². The van der Waals surface area contributed by atoms with Crippen LogP contribution in [-0.4, -0.2) is 12.6 Å². The van der Waals surface area contributed by atoms with Crippen LogP contribution in [0.5, 0.6) is 0 Å². The van der Waals surface area contributed by atoms with Crippen molar-refractivity contribution in [2.45, 2.75) is 51.9 Å². The third-order valence-corrected chi connectivity index (χ3v) is 2.88. The van der Waals surface area contributed by atoms with Crippen LogP contribution < -0.4 is 0 Å². The summed E-state index contributed by atoms with van der Waals surface area (Å²) >= 11 is 0. The Morgan fingerprint density at radius 2 is 1.84 bits per heavy atom. The molecule has 0 radical (unpaired) electrons. The van der Waals surface area contributed by atoms with Gasteiger partial charge in [-0.05, 0) is 44.3 Å². The summed E-state index contributed by atoms with van der Waals surface area (Å²) in [5.74, 6) is 2.07. The molecule has 0 heterocycles. The summed E-state index contributed by atoms with van der Waals surface area (Å²) < 4.78 is 10.3. The van der Waals surface area contributed by atoms with Gasteiger partial charge >= 0.3 is 5.97 Å². The number of allylic oxidation sites excluding steroid dienone is 4. The van der Waals surface area contributed by atoms with Crippen LogP contribution in [0, 0.1) is 0 Å². The van der Waals surface area contributed by atoms with E-state index in [1.165, 1.54) is 37.2 Å². The van der Waals surface area contributed by atoms with E-state index in [1.807, 2.05) is 6.92 Å². The number of carbonyl (C=O) groups excluding carboxylic acids is 1. The molecule has 106 valence electrons. The highest BCUT2D eigenvalue weighted by Gasteiger charge is 2.10. The van der Waals surface area contributed by atoms with Crippen molar-refractivity contribution < 1.29 is 14.3 Å². The van der Waals surface area contributed by atoms with Gasteiger partial charge in [-0.1, -0.05) is 13.5 Å². The molecule has 19 heavy (non-hydrogen) atoms. The SMILES string of the molecule is C1=C(OC2=CCCC2)CCC1.C=CC(=O)OCCC. The van der Waals surface area contributed by atoms with Crippen molar-refractivity contribution in [3.63, 3.8) is 0 Å². The Labute approximate surface area is 116 Å². The van der Waals surface area contributed by atoms with Gasteiger partial charge in [-0.3, -0.25) is 0 Å². The van der Waals surface area contributed by atoms with Crippen LogP contribution in [0.2, 0.25) is 0 Å². The molecule has 3 heteroatoms. The maximum atomic E-state index is 10.2. The third kappa shape index (κ3) is 6.85. The topological polar surface area (TPSA) is 35.5 Å². The molecule has 0 N–H and O–H groups in total. The molecule has 0 atom stereocenters. The van der Waals surface area contributed by atoms with Crippen molar-refractivity contribution in [1.29, 1.82) is 0 Å². The average Bonchev–Trinajstić information content (AvgIpc) is 3.11. The summed E-state index contributed by atoms with van der Waals surface area (Å²) in [6, 6.07) is 0. The van der Waals surface area contributed by atoms with Crippen molar-refractivity contribution in [3.8, 4) is 0 Å². The molecule has 0 unspecified atom stereocenters. The number of hydrogen-bond acceptors (Lipinski definition) is 3. The minimum absolute atomic E-state index is 0.341. The lowest BCUT2D eigenvalue weighted by Gasteiger charge is -2.05. The van der Waals surface area contributed by atoms with E-state index in [4.69, 9.17) is 4.74 Å². The first kappa shape index (κ1) is 15.5. The Morgan fingerprint density at radius 1 is 1.26 bits per heavy atom. The van der Waals surface area contributed by atoms with Gasteiger partial charge in [-0.25, -0.2) is 4.79 Å². The van der Waals surface area contributed by atoms with Crippen molar-refractivity contribution in [2.75, 3.05) is 6.61 Å². The molecule has 0 fully saturated rings. The smallest absolute Gasteiger partial charge is 0.330 e. The Hall–Kier alpha value is -1.51. The molecule has 0 aromatic carbocycles. The van der Waals surface area contributed by atoms with Crippen LogP contribution in [-0.2, 0) is 14.3 Å². The lowest BCUT2D eigenvalue weighted by atomic mass is 10.3. The molecule has 0 saturated heterocycles. The number of ether oxygens (including phenoxy) is 2. The van der Waals surface area contributed by atoms with Crippen molar-refractivity contribution in [1.82, 2.24) is 0 Å². The Balaban J connectivity index is 0.000000203. The fourth-order valence-electron chi connectivity index (χ4n) is 1.90. The van der Waals surface area contributed by atoms with Gasteiger partial charge in [0.2, 0.25) is 0 Å². The molecule has 0 bridgehead atoms. The second-order valence-electron chi connectivity index (χ2n) is 4.60. The highest BCUT2D eigenvalue weighted by atomic mass is 16.5. The monoisotopic (exact) mass is 264 g/mol. The van der Waals surface area contributed by atoms with Crippen LogP contribution in [0.3, 0.4) is 0 Å². The molecule has 0 amide bonds. The quantitative estimate of drug-likeness (QED) is 0.549. The molecular weight excluding hydrogens is 240 g/mol. The number of rotatable bonds is 5. The predicted octanol–water partition coefficient (Wildman–Crippen LogP) is 4.26. The maximum Gasteiger partial charge on any atom is 0.330 e. The van der Waals surface area contributed by atoms with E-state index >= 15 is 0 Å². The first-order valence-corrected chi connectivity index (χ1v) is 7.11. The van der Waals surface area contributed by atoms with E-state index in [1.54, 1.807) is 0 Å². The van der Waals surface area contributed by atoms with Gasteiger partial charge in [0.15, 0.2) is 0 Å². The molecular formula is C16H24O3. The molecule has 2 aliphatic carbocycles. The van der Waals surface area contributed by atoms with Crippen molar-refractivity contribution >= 4 is 5.97 Å². The standard InChI is InChI=1S/C10H14O.C6H10O2/c1-2-6-9(5-1)11-10-7-3-4-8-10;1-3-5-8-6(7)4-2/h5,7H,1-4,6,8H2;4H,2-3,5H2,1H3. The van der Waals surface area contributed by atoms with Crippen LogP contribution >= 0.6 is 0 Å². The van der Waals surface area contributed by atoms with Crippen molar-refractivity contribution in [3.05, 3.63) is 36.3 Å². The summed E-state index contributed by atoms with van der Waals surface area (Å²) in [5, 5.41) is 0. The molecule has 3 nitrogen and oxygen atoms in total. The molecule has 0 aromatic heterocycles. The largest absolute Gasteiger partial charge is 0.467 e. The van der Waals surface area contributed by atoms with E-state index < -0.39 is 0 Å². The normalized spacial score (nSPS) is 16.9. The van der Waals surface area contributed by atoms with Crippen LogP contribution in [0.4, 0.5) is 0 Å². The Kier molecular flexibility index (Phi) is 7.71. The predicted molar refractivity (Wildman–Crippen MR) is 76.4 cm³/mol. The first-order chi connectivity index (χ1) is 9.26. The molecule has 0 aliphatic heterocycles. The molecule has 0 aromatic rings. The number of hydrogen-bond donors (Lipinski definition) is 0. The zero-order valence-corrected chi connectivity index (χ0v) is 11.8. The van der Waals surface area contributed by atoms with E-state index in [-0.39, 0.29) is 5.97 Å². The average molecular weight is 264 g/mol. The molecule has 2 aliphatic rings. The maximum absolute atomic E-state index is 10.2. The fraction of sp³-hybridized carbons (Fsp3) is 0.562. The minimum Gasteiger partial charge on any atom is -0.467 e. The fourth-order valence-corrected chi connectivity index (χ4v) is 1.90. The first-order valence-electron chi connectivity index (χ1n) is 7.11. The van der Waals surface area contributed by atoms with Crippen molar-refractivity contribution in [2.24, 2.45) is 0 Å². The Bertz CT molecular complexity index is 331. The molecule has 2 rings (SSSR count). The lowest BCUT2D eigenvalue weighted by molar-refractivity contribution is -0.137. The highest BCUT2D eigenvalue weighted by Crippen LogP contribution is 2.26. The second kappa shape index (κ2) is 9.42.